The van der Waals surface area contributed by atoms with Crippen LogP contribution in [-0.4, -0.2) is 34.3 Å². The summed E-state index contributed by atoms with van der Waals surface area (Å²) in [6.07, 6.45) is -4.04. The predicted molar refractivity (Wildman–Crippen MR) is 104 cm³/mol. The highest BCUT2D eigenvalue weighted by Crippen LogP contribution is 2.36. The van der Waals surface area contributed by atoms with Gasteiger partial charge in [-0.2, -0.15) is 13.2 Å². The summed E-state index contributed by atoms with van der Waals surface area (Å²) >= 11 is 3.25. The van der Waals surface area contributed by atoms with Gasteiger partial charge in [-0.15, -0.1) is 0 Å². The first-order valence-electron chi connectivity index (χ1n) is 8.76. The Kier molecular flexibility index (Phi) is 5.83. The first-order valence-corrected chi connectivity index (χ1v) is 9.55. The van der Waals surface area contributed by atoms with Crippen LogP contribution in [0.2, 0.25) is 0 Å². The average Bonchev–Trinajstić information content (AvgIpc) is 2.63. The molecule has 1 aromatic heterocycles. The third-order valence-electron chi connectivity index (χ3n) is 4.22. The van der Waals surface area contributed by atoms with Crippen LogP contribution in [0, 0.1) is 0 Å². The van der Waals surface area contributed by atoms with Gasteiger partial charge in [-0.05, 0) is 53.5 Å². The summed E-state index contributed by atoms with van der Waals surface area (Å²) in [5, 5.41) is 5.67. The summed E-state index contributed by atoms with van der Waals surface area (Å²) in [7, 11) is 0. The van der Waals surface area contributed by atoms with E-state index in [0.717, 1.165) is 12.1 Å². The summed E-state index contributed by atoms with van der Waals surface area (Å²) in [6.45, 7) is 3.22. The van der Waals surface area contributed by atoms with Crippen LogP contribution >= 0.6 is 15.9 Å². The Morgan fingerprint density at radius 3 is 2.72 bits per heavy atom. The lowest BCUT2D eigenvalue weighted by Gasteiger charge is -2.37. The Hall–Kier alpha value is -2.62. The molecule has 1 unspecified atom stereocenters. The topological polar surface area (TPSA) is 74.3 Å². The fourth-order valence-corrected chi connectivity index (χ4v) is 3.36. The second-order valence-corrected chi connectivity index (χ2v) is 7.79. The van der Waals surface area contributed by atoms with Crippen LogP contribution in [0.1, 0.15) is 41.5 Å². The number of hydrogen-bond acceptors (Lipinski definition) is 4. The van der Waals surface area contributed by atoms with Crippen molar-refractivity contribution in [2.24, 2.45) is 0 Å². The van der Waals surface area contributed by atoms with E-state index in [4.69, 9.17) is 0 Å². The molecule has 0 saturated carbocycles. The summed E-state index contributed by atoms with van der Waals surface area (Å²) in [4.78, 5) is 30.7. The number of amides is 2. The van der Waals surface area contributed by atoms with Crippen LogP contribution < -0.4 is 10.6 Å². The molecule has 2 amide bonds. The highest BCUT2D eigenvalue weighted by Gasteiger charge is 2.37. The van der Waals surface area contributed by atoms with E-state index >= 15 is 0 Å². The lowest BCUT2D eigenvalue weighted by Crippen LogP contribution is -2.49. The van der Waals surface area contributed by atoms with Gasteiger partial charge in [0.05, 0.1) is 11.1 Å². The number of nitrogens with zero attached hydrogens (tertiary/aromatic N) is 2. The van der Waals surface area contributed by atoms with Gasteiger partial charge >= 0.3 is 6.18 Å². The normalized spacial score (nSPS) is 16.4. The molecule has 3 rings (SSSR count). The average molecular weight is 471 g/mol. The van der Waals surface area contributed by atoms with Gasteiger partial charge in [0.15, 0.2) is 0 Å². The Labute approximate surface area is 173 Å². The van der Waals surface area contributed by atoms with Crippen LogP contribution in [-0.2, 0) is 11.0 Å². The number of alkyl halides is 3. The number of halogens is 4. The fourth-order valence-electron chi connectivity index (χ4n) is 3.03. The van der Waals surface area contributed by atoms with Crippen molar-refractivity contribution < 1.29 is 22.8 Å². The highest BCUT2D eigenvalue weighted by molar-refractivity contribution is 9.10. The van der Waals surface area contributed by atoms with Crippen molar-refractivity contribution in [3.8, 4) is 0 Å². The lowest BCUT2D eigenvalue weighted by atomic mass is 10.0. The molecule has 10 heteroatoms. The number of fused-ring (bicyclic) bond motifs is 1. The van der Waals surface area contributed by atoms with E-state index in [1.165, 1.54) is 23.2 Å². The van der Waals surface area contributed by atoms with Crippen molar-refractivity contribution in [3.05, 3.63) is 57.7 Å². The number of pyridine rings is 1. The number of rotatable bonds is 4. The molecule has 1 aromatic carbocycles. The van der Waals surface area contributed by atoms with Crippen molar-refractivity contribution in [2.75, 3.05) is 11.9 Å². The zero-order valence-electron chi connectivity index (χ0n) is 15.5. The van der Waals surface area contributed by atoms with E-state index in [9.17, 15) is 22.8 Å². The number of nitrogens with one attached hydrogen (secondary N) is 2. The number of carbonyl (C=O) groups excluding carboxylic acids is 2. The monoisotopic (exact) mass is 470 g/mol. The van der Waals surface area contributed by atoms with Gasteiger partial charge in [0.2, 0.25) is 5.91 Å². The maximum Gasteiger partial charge on any atom is 0.416 e. The quantitative estimate of drug-likeness (QED) is 0.709. The molecule has 1 aliphatic rings. The molecule has 6 nitrogen and oxygen atoms in total. The SMILES string of the molecule is CC(C)NC(=O)CN1C(=O)c2cc(Br)cnc2NC1c1cccc(C(F)(F)F)c1. The van der Waals surface area contributed by atoms with Crippen LogP contribution in [0.25, 0.3) is 0 Å². The number of carbonyl (C=O) groups is 2. The van der Waals surface area contributed by atoms with Crippen molar-refractivity contribution in [3.63, 3.8) is 0 Å². The third-order valence-corrected chi connectivity index (χ3v) is 4.66. The largest absolute Gasteiger partial charge is 0.416 e. The molecule has 0 aliphatic carbocycles. The van der Waals surface area contributed by atoms with Gasteiger partial charge in [0.25, 0.3) is 5.91 Å². The molecule has 154 valence electrons. The van der Waals surface area contributed by atoms with Crippen molar-refractivity contribution >= 4 is 33.6 Å². The maximum absolute atomic E-state index is 13.2. The van der Waals surface area contributed by atoms with Crippen molar-refractivity contribution in [1.29, 1.82) is 0 Å². The molecule has 1 aliphatic heterocycles. The molecule has 2 heterocycles. The van der Waals surface area contributed by atoms with E-state index in [2.05, 4.69) is 31.5 Å². The minimum Gasteiger partial charge on any atom is -0.352 e. The minimum atomic E-state index is -4.53. The van der Waals surface area contributed by atoms with Gasteiger partial charge in [-0.3, -0.25) is 9.59 Å². The van der Waals surface area contributed by atoms with E-state index in [1.54, 1.807) is 19.9 Å². The van der Waals surface area contributed by atoms with Gasteiger partial charge in [-0.25, -0.2) is 4.98 Å². The van der Waals surface area contributed by atoms with Crippen molar-refractivity contribution in [2.45, 2.75) is 32.2 Å². The Bertz CT molecular complexity index is 949. The van der Waals surface area contributed by atoms with Crippen LogP contribution in [0.3, 0.4) is 0 Å². The highest BCUT2D eigenvalue weighted by atomic mass is 79.9. The summed E-state index contributed by atoms with van der Waals surface area (Å²) in [6, 6.07) is 6.05. The van der Waals surface area contributed by atoms with Crippen LogP contribution in [0.15, 0.2) is 41.0 Å². The smallest absolute Gasteiger partial charge is 0.352 e. The fraction of sp³-hybridized carbons (Fsp3) is 0.316. The molecule has 0 bridgehead atoms. The molecule has 0 saturated heterocycles. The number of aromatic nitrogens is 1. The van der Waals surface area contributed by atoms with E-state index in [1.807, 2.05) is 0 Å². The summed E-state index contributed by atoms with van der Waals surface area (Å²) < 4.78 is 40.1. The zero-order chi connectivity index (χ0) is 21.3. The van der Waals surface area contributed by atoms with Crippen LogP contribution in [0.4, 0.5) is 19.0 Å². The van der Waals surface area contributed by atoms with Gasteiger partial charge in [0.1, 0.15) is 18.5 Å². The first kappa shape index (κ1) is 21.1. The molecule has 0 fully saturated rings. The number of hydrogen-bond donors (Lipinski definition) is 2. The number of benzene rings is 1. The zero-order valence-corrected chi connectivity index (χ0v) is 17.1. The molecular weight excluding hydrogens is 453 g/mol. The first-order chi connectivity index (χ1) is 13.6. The Morgan fingerprint density at radius 1 is 1.34 bits per heavy atom. The second kappa shape index (κ2) is 8.02. The molecular formula is C19H18BrF3N4O2. The third kappa shape index (κ3) is 4.69. The van der Waals surface area contributed by atoms with E-state index in [0.29, 0.717) is 4.47 Å². The van der Waals surface area contributed by atoms with Gasteiger partial charge < -0.3 is 15.5 Å². The van der Waals surface area contributed by atoms with Gasteiger partial charge in [0, 0.05) is 16.7 Å². The Morgan fingerprint density at radius 2 is 2.07 bits per heavy atom. The molecule has 2 N–H and O–H groups in total. The minimum absolute atomic E-state index is 0.148. The molecule has 29 heavy (non-hydrogen) atoms. The maximum atomic E-state index is 13.2. The standard InChI is InChI=1S/C19H18BrF3N4O2/c1-10(2)25-15(28)9-27-17(11-4-3-5-12(6-11)19(21,22)23)26-16-14(18(27)29)7-13(20)8-24-16/h3-8,10,17H,9H2,1-2H3,(H,24,26)(H,25,28). The molecule has 0 radical (unpaired) electrons. The predicted octanol–water partition coefficient (Wildman–Crippen LogP) is 3.95. The Balaban J connectivity index is 2.03. The lowest BCUT2D eigenvalue weighted by molar-refractivity contribution is -0.137. The number of anilines is 1. The summed E-state index contributed by atoms with van der Waals surface area (Å²) in [5.41, 5.74) is -0.425. The summed E-state index contributed by atoms with van der Waals surface area (Å²) in [5.74, 6) is -0.687. The van der Waals surface area contributed by atoms with Crippen molar-refractivity contribution in [1.82, 2.24) is 15.2 Å². The van der Waals surface area contributed by atoms with E-state index in [-0.39, 0.29) is 29.5 Å². The molecule has 0 spiro atoms. The molecule has 1 atom stereocenters. The van der Waals surface area contributed by atoms with E-state index < -0.39 is 29.7 Å². The van der Waals surface area contributed by atoms with Crippen LogP contribution in [0.5, 0.6) is 0 Å². The molecule has 2 aromatic rings. The second-order valence-electron chi connectivity index (χ2n) is 6.88. The van der Waals surface area contributed by atoms with Gasteiger partial charge in [-0.1, -0.05) is 12.1 Å².